The highest BCUT2D eigenvalue weighted by Crippen LogP contribution is 2.33. The Morgan fingerprint density at radius 3 is 2.36 bits per heavy atom. The highest BCUT2D eigenvalue weighted by Gasteiger charge is 2.30. The lowest BCUT2D eigenvalue weighted by Crippen LogP contribution is -2.47. The fourth-order valence-corrected chi connectivity index (χ4v) is 5.88. The number of piperidine rings is 1. The van der Waals surface area contributed by atoms with Gasteiger partial charge in [0.15, 0.2) is 0 Å². The van der Waals surface area contributed by atoms with Crippen molar-refractivity contribution in [3.8, 4) is 10.4 Å². The fourth-order valence-electron chi connectivity index (χ4n) is 3.32. The van der Waals surface area contributed by atoms with E-state index in [-0.39, 0.29) is 17.7 Å². The molecule has 152 valence electrons. The second-order valence-corrected chi connectivity index (χ2v) is 11.0. The van der Waals surface area contributed by atoms with Gasteiger partial charge in [-0.2, -0.15) is 0 Å². The molecule has 0 aliphatic carbocycles. The Balaban J connectivity index is 1.67. The molecule has 0 spiro atoms. The van der Waals surface area contributed by atoms with Crippen LogP contribution in [-0.4, -0.2) is 55.5 Å². The first-order valence-corrected chi connectivity index (χ1v) is 12.2. The number of carbonyl (C=O) groups is 1. The summed E-state index contributed by atoms with van der Waals surface area (Å²) in [5.41, 5.74) is 0.881. The summed E-state index contributed by atoms with van der Waals surface area (Å²) in [6, 6.07) is 8.98. The summed E-state index contributed by atoms with van der Waals surface area (Å²) in [5, 5.41) is 1.11. The van der Waals surface area contributed by atoms with Crippen LogP contribution in [0.1, 0.15) is 29.4 Å². The predicted molar refractivity (Wildman–Crippen MR) is 116 cm³/mol. The van der Waals surface area contributed by atoms with Crippen molar-refractivity contribution in [1.82, 2.24) is 9.21 Å². The monoisotopic (exact) mass is 460 g/mol. The number of hydrogen-bond acceptors (Lipinski definition) is 4. The van der Waals surface area contributed by atoms with Gasteiger partial charge >= 0.3 is 0 Å². The molecule has 1 amide bonds. The molecule has 1 aromatic carbocycles. The van der Waals surface area contributed by atoms with Crippen molar-refractivity contribution in [2.45, 2.75) is 25.8 Å². The summed E-state index contributed by atoms with van der Waals surface area (Å²) in [4.78, 5) is 16.2. The van der Waals surface area contributed by atoms with Crippen LogP contribution >= 0.6 is 34.5 Å². The van der Waals surface area contributed by atoms with E-state index in [1.165, 1.54) is 15.6 Å². The minimum atomic E-state index is -3.21. The van der Waals surface area contributed by atoms with E-state index >= 15 is 0 Å². The molecule has 1 aliphatic heterocycles. The number of benzene rings is 1. The molecule has 1 saturated heterocycles. The molecule has 9 heteroatoms. The Bertz CT molecular complexity index is 947. The summed E-state index contributed by atoms with van der Waals surface area (Å²) >= 11 is 13.5. The van der Waals surface area contributed by atoms with Gasteiger partial charge in [0.25, 0.3) is 5.91 Å². The molecule has 0 atom stereocenters. The first-order valence-electron chi connectivity index (χ1n) is 9.02. The molecule has 0 unspecified atom stereocenters. The van der Waals surface area contributed by atoms with Gasteiger partial charge in [0, 0.05) is 41.1 Å². The number of likely N-dealkylation sites (tertiary alicyclic amines) is 1. The van der Waals surface area contributed by atoms with Crippen molar-refractivity contribution in [3.63, 3.8) is 0 Å². The maximum absolute atomic E-state index is 12.9. The van der Waals surface area contributed by atoms with Gasteiger partial charge in [-0.05, 0) is 55.7 Å². The van der Waals surface area contributed by atoms with E-state index in [0.717, 1.165) is 10.4 Å². The topological polar surface area (TPSA) is 57.7 Å². The zero-order chi connectivity index (χ0) is 20.5. The molecule has 0 saturated carbocycles. The highest BCUT2D eigenvalue weighted by molar-refractivity contribution is 7.89. The normalized spacial score (nSPS) is 16.0. The second-order valence-electron chi connectivity index (χ2n) is 6.76. The van der Waals surface area contributed by atoms with E-state index in [4.69, 9.17) is 23.2 Å². The maximum Gasteiger partial charge on any atom is 0.263 e. The van der Waals surface area contributed by atoms with Crippen LogP contribution in [0.25, 0.3) is 10.4 Å². The first-order chi connectivity index (χ1) is 13.2. The highest BCUT2D eigenvalue weighted by atomic mass is 35.5. The fraction of sp³-hybridized carbons (Fsp3) is 0.421. The van der Waals surface area contributed by atoms with Crippen LogP contribution in [0.5, 0.6) is 0 Å². The van der Waals surface area contributed by atoms with Crippen LogP contribution < -0.4 is 0 Å². The molecule has 0 radical (unpaired) electrons. The Morgan fingerprint density at radius 1 is 1.18 bits per heavy atom. The van der Waals surface area contributed by atoms with Gasteiger partial charge in [-0.3, -0.25) is 4.79 Å². The van der Waals surface area contributed by atoms with Gasteiger partial charge < -0.3 is 4.90 Å². The van der Waals surface area contributed by atoms with Gasteiger partial charge in [0.05, 0.1) is 10.6 Å². The van der Waals surface area contributed by atoms with Gasteiger partial charge in [0.2, 0.25) is 10.0 Å². The first kappa shape index (κ1) is 21.6. The minimum absolute atomic E-state index is 0.0242. The molecule has 1 aromatic heterocycles. The van der Waals surface area contributed by atoms with Gasteiger partial charge in [-0.15, -0.1) is 11.3 Å². The van der Waals surface area contributed by atoms with Crippen molar-refractivity contribution in [1.29, 1.82) is 0 Å². The number of amides is 1. The predicted octanol–water partition coefficient (Wildman–Crippen LogP) is 4.61. The quantitative estimate of drug-likeness (QED) is 0.654. The van der Waals surface area contributed by atoms with Crippen molar-refractivity contribution in [2.24, 2.45) is 0 Å². The Kier molecular flexibility index (Phi) is 6.72. The Labute approximate surface area is 179 Å². The third-order valence-electron chi connectivity index (χ3n) is 5.03. The molecular formula is C19H22Cl2N2O3S2. The van der Waals surface area contributed by atoms with Crippen molar-refractivity contribution >= 4 is 50.5 Å². The largest absolute Gasteiger partial charge is 0.338 e. The van der Waals surface area contributed by atoms with Crippen LogP contribution in [0.3, 0.4) is 0 Å². The van der Waals surface area contributed by atoms with E-state index in [1.54, 1.807) is 24.9 Å². The van der Waals surface area contributed by atoms with Gasteiger partial charge in [0.1, 0.15) is 0 Å². The summed E-state index contributed by atoms with van der Waals surface area (Å²) in [5.74, 6) is 0.0672. The molecule has 1 fully saturated rings. The van der Waals surface area contributed by atoms with Crippen LogP contribution in [0.4, 0.5) is 0 Å². The zero-order valence-electron chi connectivity index (χ0n) is 15.7. The number of carbonyl (C=O) groups excluding carboxylic acids is 1. The van der Waals surface area contributed by atoms with Crippen molar-refractivity contribution < 1.29 is 13.2 Å². The van der Waals surface area contributed by atoms with Crippen molar-refractivity contribution in [3.05, 3.63) is 45.3 Å². The Hall–Kier alpha value is -1.12. The zero-order valence-corrected chi connectivity index (χ0v) is 18.8. The molecule has 3 rings (SSSR count). The van der Waals surface area contributed by atoms with Crippen molar-refractivity contribution in [2.75, 3.05) is 25.9 Å². The average Bonchev–Trinajstić information content (AvgIpc) is 3.16. The number of thiophene rings is 1. The number of rotatable bonds is 5. The molecule has 2 aromatic rings. The third kappa shape index (κ3) is 4.71. The van der Waals surface area contributed by atoms with Crippen LogP contribution in [0.15, 0.2) is 30.3 Å². The minimum Gasteiger partial charge on any atom is -0.338 e. The molecule has 0 bridgehead atoms. The standard InChI is InChI=1S/C19H22Cl2N2O3S2/c1-3-28(25,26)22(2)16-6-8-23(9-7-16)19(24)18-5-4-17(27-18)13-10-14(20)12-15(21)11-13/h4-5,10-12,16H,3,6-9H2,1-2H3. The van der Waals surface area contributed by atoms with E-state index in [9.17, 15) is 13.2 Å². The van der Waals surface area contributed by atoms with Crippen LogP contribution in [0.2, 0.25) is 10.0 Å². The van der Waals surface area contributed by atoms with Crippen LogP contribution in [-0.2, 0) is 10.0 Å². The number of nitrogens with zero attached hydrogens (tertiary/aromatic N) is 2. The SMILES string of the molecule is CCS(=O)(=O)N(C)C1CCN(C(=O)c2ccc(-c3cc(Cl)cc(Cl)c3)s2)CC1. The average molecular weight is 461 g/mol. The summed E-state index contributed by atoms with van der Waals surface area (Å²) in [7, 11) is -1.58. The molecular weight excluding hydrogens is 439 g/mol. The Morgan fingerprint density at radius 2 is 1.79 bits per heavy atom. The lowest BCUT2D eigenvalue weighted by atomic mass is 10.1. The maximum atomic E-state index is 12.9. The molecule has 2 heterocycles. The molecule has 0 N–H and O–H groups in total. The molecule has 28 heavy (non-hydrogen) atoms. The molecule has 5 nitrogen and oxygen atoms in total. The molecule has 1 aliphatic rings. The van der Waals surface area contributed by atoms with E-state index in [0.29, 0.717) is 40.9 Å². The summed E-state index contributed by atoms with van der Waals surface area (Å²) in [6.45, 7) is 2.73. The number of sulfonamides is 1. The second kappa shape index (κ2) is 8.71. The third-order valence-corrected chi connectivity index (χ3v) is 8.50. The summed E-state index contributed by atoms with van der Waals surface area (Å²) in [6.07, 6.45) is 1.28. The van der Waals surface area contributed by atoms with E-state index in [2.05, 4.69) is 0 Å². The lowest BCUT2D eigenvalue weighted by molar-refractivity contribution is 0.0691. The smallest absolute Gasteiger partial charge is 0.263 e. The number of hydrogen-bond donors (Lipinski definition) is 0. The van der Waals surface area contributed by atoms with Gasteiger partial charge in [-0.25, -0.2) is 12.7 Å². The van der Waals surface area contributed by atoms with E-state index < -0.39 is 10.0 Å². The van der Waals surface area contributed by atoms with Crippen LogP contribution in [0, 0.1) is 0 Å². The summed E-state index contributed by atoms with van der Waals surface area (Å²) < 4.78 is 25.6. The number of halogens is 2. The lowest BCUT2D eigenvalue weighted by Gasteiger charge is -2.35. The van der Waals surface area contributed by atoms with E-state index in [1.807, 2.05) is 24.3 Å². The van der Waals surface area contributed by atoms with Gasteiger partial charge in [-0.1, -0.05) is 23.2 Å².